The van der Waals surface area contributed by atoms with E-state index < -0.39 is 0 Å². The van der Waals surface area contributed by atoms with E-state index in [1.807, 2.05) is 14.1 Å². The number of rotatable bonds is 4. The van der Waals surface area contributed by atoms with Crippen LogP contribution in [0.4, 0.5) is 5.69 Å². The van der Waals surface area contributed by atoms with Crippen LogP contribution in [0.2, 0.25) is 0 Å². The predicted octanol–water partition coefficient (Wildman–Crippen LogP) is 1.86. The van der Waals surface area contributed by atoms with Gasteiger partial charge in [0.15, 0.2) is 0 Å². The normalized spacial score (nSPS) is 9.80. The van der Waals surface area contributed by atoms with E-state index in [-0.39, 0.29) is 5.97 Å². The molecule has 0 saturated carbocycles. The Morgan fingerprint density at radius 1 is 1.27 bits per heavy atom. The third kappa shape index (κ3) is 4.02. The molecule has 82 valence electrons. The van der Waals surface area contributed by atoms with Gasteiger partial charge in [-0.1, -0.05) is 12.1 Å². The molecule has 1 rings (SSSR count). The molecule has 0 N–H and O–H groups in total. The third-order valence-corrected chi connectivity index (χ3v) is 2.15. The zero-order valence-corrected chi connectivity index (χ0v) is 9.49. The maximum Gasteiger partial charge on any atom is 0.302 e. The van der Waals surface area contributed by atoms with E-state index in [4.69, 9.17) is 4.74 Å². The van der Waals surface area contributed by atoms with Crippen LogP contribution in [0.25, 0.3) is 0 Å². The van der Waals surface area contributed by atoms with Crippen molar-refractivity contribution in [1.82, 2.24) is 0 Å². The number of hydrogen-bond donors (Lipinski definition) is 0. The zero-order chi connectivity index (χ0) is 11.3. The standard InChI is InChI=1S/C12H17NO2/c1-10(14)15-9-8-11-4-6-12(7-5-11)13(2)3/h4-7H,8-9H2,1-3H3. The highest BCUT2D eigenvalue weighted by molar-refractivity contribution is 5.65. The summed E-state index contributed by atoms with van der Waals surface area (Å²) in [5, 5.41) is 0. The van der Waals surface area contributed by atoms with Gasteiger partial charge in [0.1, 0.15) is 0 Å². The minimum Gasteiger partial charge on any atom is -0.466 e. The Morgan fingerprint density at radius 2 is 1.87 bits per heavy atom. The first kappa shape index (κ1) is 11.6. The van der Waals surface area contributed by atoms with E-state index in [1.54, 1.807) is 0 Å². The summed E-state index contributed by atoms with van der Waals surface area (Å²) >= 11 is 0. The summed E-state index contributed by atoms with van der Waals surface area (Å²) < 4.78 is 4.87. The molecule has 1 aromatic carbocycles. The van der Waals surface area contributed by atoms with Gasteiger partial charge in [0.2, 0.25) is 0 Å². The monoisotopic (exact) mass is 207 g/mol. The number of esters is 1. The van der Waals surface area contributed by atoms with Gasteiger partial charge in [-0.15, -0.1) is 0 Å². The first-order chi connectivity index (χ1) is 7.09. The van der Waals surface area contributed by atoms with E-state index >= 15 is 0 Å². The van der Waals surface area contributed by atoms with Crippen molar-refractivity contribution in [2.45, 2.75) is 13.3 Å². The van der Waals surface area contributed by atoms with Gasteiger partial charge in [0, 0.05) is 33.1 Å². The van der Waals surface area contributed by atoms with Crippen molar-refractivity contribution in [3.63, 3.8) is 0 Å². The number of anilines is 1. The fourth-order valence-corrected chi connectivity index (χ4v) is 1.27. The lowest BCUT2D eigenvalue weighted by Crippen LogP contribution is -2.08. The number of benzene rings is 1. The van der Waals surface area contributed by atoms with E-state index in [9.17, 15) is 4.79 Å². The van der Waals surface area contributed by atoms with Crippen molar-refractivity contribution < 1.29 is 9.53 Å². The Bertz CT molecular complexity index is 317. The quantitative estimate of drug-likeness (QED) is 0.706. The molecule has 0 atom stereocenters. The molecule has 0 bridgehead atoms. The molecule has 15 heavy (non-hydrogen) atoms. The van der Waals surface area contributed by atoms with Crippen LogP contribution in [0.5, 0.6) is 0 Å². The fourth-order valence-electron chi connectivity index (χ4n) is 1.27. The van der Waals surface area contributed by atoms with Crippen molar-refractivity contribution in [2.24, 2.45) is 0 Å². The summed E-state index contributed by atoms with van der Waals surface area (Å²) in [6.45, 7) is 1.88. The lowest BCUT2D eigenvalue weighted by molar-refractivity contribution is -0.140. The largest absolute Gasteiger partial charge is 0.466 e. The molecular weight excluding hydrogens is 190 g/mol. The van der Waals surface area contributed by atoms with Crippen molar-refractivity contribution >= 4 is 11.7 Å². The van der Waals surface area contributed by atoms with Gasteiger partial charge in [0.05, 0.1) is 6.61 Å². The Hall–Kier alpha value is -1.51. The zero-order valence-electron chi connectivity index (χ0n) is 9.49. The summed E-state index contributed by atoms with van der Waals surface area (Å²) in [7, 11) is 4.02. The molecule has 3 nitrogen and oxygen atoms in total. The summed E-state index contributed by atoms with van der Waals surface area (Å²) in [5.41, 5.74) is 2.35. The summed E-state index contributed by atoms with van der Waals surface area (Å²) in [5.74, 6) is -0.222. The number of carbonyl (C=O) groups is 1. The van der Waals surface area contributed by atoms with E-state index in [1.165, 1.54) is 18.2 Å². The van der Waals surface area contributed by atoms with Crippen LogP contribution in [0.1, 0.15) is 12.5 Å². The van der Waals surface area contributed by atoms with Crippen LogP contribution in [0.15, 0.2) is 24.3 Å². The van der Waals surface area contributed by atoms with Gasteiger partial charge in [-0.3, -0.25) is 4.79 Å². The number of ether oxygens (including phenoxy) is 1. The second-order valence-electron chi connectivity index (χ2n) is 3.65. The molecule has 0 radical (unpaired) electrons. The molecular formula is C12H17NO2. The van der Waals surface area contributed by atoms with E-state index in [0.29, 0.717) is 6.61 Å². The summed E-state index contributed by atoms with van der Waals surface area (Å²) in [6, 6.07) is 8.23. The highest BCUT2D eigenvalue weighted by Crippen LogP contribution is 2.12. The van der Waals surface area contributed by atoms with E-state index in [0.717, 1.165) is 6.42 Å². The first-order valence-electron chi connectivity index (χ1n) is 4.99. The highest BCUT2D eigenvalue weighted by atomic mass is 16.5. The van der Waals surface area contributed by atoms with Crippen LogP contribution in [-0.2, 0) is 16.0 Å². The Labute approximate surface area is 90.7 Å². The van der Waals surface area contributed by atoms with Gasteiger partial charge in [-0.25, -0.2) is 0 Å². The van der Waals surface area contributed by atoms with Crippen LogP contribution >= 0.6 is 0 Å². The SMILES string of the molecule is CC(=O)OCCc1ccc(N(C)C)cc1. The van der Waals surface area contributed by atoms with Crippen molar-refractivity contribution in [1.29, 1.82) is 0 Å². The molecule has 3 heteroatoms. The van der Waals surface area contributed by atoms with Gasteiger partial charge in [-0.2, -0.15) is 0 Å². The molecule has 0 fully saturated rings. The molecule has 0 heterocycles. The maximum atomic E-state index is 10.5. The summed E-state index contributed by atoms with van der Waals surface area (Å²) in [4.78, 5) is 12.6. The molecule has 1 aromatic rings. The Morgan fingerprint density at radius 3 is 2.33 bits per heavy atom. The van der Waals surface area contributed by atoms with E-state index in [2.05, 4.69) is 29.2 Å². The average molecular weight is 207 g/mol. The minimum atomic E-state index is -0.222. The second kappa shape index (κ2) is 5.39. The van der Waals surface area contributed by atoms with Crippen molar-refractivity contribution in [3.8, 4) is 0 Å². The van der Waals surface area contributed by atoms with Gasteiger partial charge in [0.25, 0.3) is 0 Å². The van der Waals surface area contributed by atoms with Gasteiger partial charge < -0.3 is 9.64 Å². The van der Waals surface area contributed by atoms with Crippen LogP contribution in [-0.4, -0.2) is 26.7 Å². The molecule has 0 aliphatic heterocycles. The number of hydrogen-bond acceptors (Lipinski definition) is 3. The van der Waals surface area contributed by atoms with Crippen molar-refractivity contribution in [3.05, 3.63) is 29.8 Å². The van der Waals surface area contributed by atoms with Crippen LogP contribution in [0, 0.1) is 0 Å². The average Bonchev–Trinajstić information content (AvgIpc) is 2.18. The lowest BCUT2D eigenvalue weighted by Gasteiger charge is -2.12. The molecule has 0 aliphatic rings. The minimum absolute atomic E-state index is 0.222. The summed E-state index contributed by atoms with van der Waals surface area (Å²) in [6.07, 6.45) is 0.771. The lowest BCUT2D eigenvalue weighted by atomic mass is 10.1. The molecule has 0 aromatic heterocycles. The third-order valence-electron chi connectivity index (χ3n) is 2.15. The smallest absolute Gasteiger partial charge is 0.302 e. The Kier molecular flexibility index (Phi) is 4.16. The van der Waals surface area contributed by atoms with Crippen molar-refractivity contribution in [2.75, 3.05) is 25.6 Å². The van der Waals surface area contributed by atoms with Gasteiger partial charge >= 0.3 is 5.97 Å². The highest BCUT2D eigenvalue weighted by Gasteiger charge is 1.97. The molecule has 0 spiro atoms. The van der Waals surface area contributed by atoms with Crippen LogP contribution < -0.4 is 4.90 Å². The second-order valence-corrected chi connectivity index (χ2v) is 3.65. The van der Waals surface area contributed by atoms with Gasteiger partial charge in [-0.05, 0) is 17.7 Å². The predicted molar refractivity (Wildman–Crippen MR) is 61.1 cm³/mol. The molecule has 0 amide bonds. The maximum absolute atomic E-state index is 10.5. The molecule has 0 unspecified atom stereocenters. The Balaban J connectivity index is 2.46. The first-order valence-corrected chi connectivity index (χ1v) is 4.99. The van der Waals surface area contributed by atoms with Crippen LogP contribution in [0.3, 0.4) is 0 Å². The number of nitrogens with zero attached hydrogens (tertiary/aromatic N) is 1. The fraction of sp³-hybridized carbons (Fsp3) is 0.417. The topological polar surface area (TPSA) is 29.5 Å². The molecule has 0 aliphatic carbocycles. The molecule has 0 saturated heterocycles. The number of carbonyl (C=O) groups excluding carboxylic acids is 1.